The number of nitrogens with two attached hydrogens (primary N) is 1. The number of pyridine rings is 1. The highest BCUT2D eigenvalue weighted by Crippen LogP contribution is 2.34. The first kappa shape index (κ1) is 25.6. The first-order chi connectivity index (χ1) is 18.1. The van der Waals surface area contributed by atoms with E-state index in [9.17, 15) is 18.0 Å². The Labute approximate surface area is 220 Å². The van der Waals surface area contributed by atoms with E-state index in [1.54, 1.807) is 24.3 Å². The van der Waals surface area contributed by atoms with Crippen molar-refractivity contribution < 1.29 is 13.2 Å². The van der Waals surface area contributed by atoms with Crippen molar-refractivity contribution in [1.29, 1.82) is 0 Å². The Morgan fingerprint density at radius 2 is 1.53 bits per heavy atom. The molecular weight excluding hydrogens is 517 g/mol. The van der Waals surface area contributed by atoms with Gasteiger partial charge in [0.2, 0.25) is 0 Å². The summed E-state index contributed by atoms with van der Waals surface area (Å²) in [6.07, 6.45) is -4.58. The molecule has 0 aliphatic heterocycles. The van der Waals surface area contributed by atoms with Gasteiger partial charge in [0, 0.05) is 16.3 Å². The van der Waals surface area contributed by atoms with Crippen LogP contribution < -0.4 is 11.3 Å². The van der Waals surface area contributed by atoms with E-state index in [1.165, 1.54) is 22.2 Å². The average molecular weight is 539 g/mol. The van der Waals surface area contributed by atoms with Crippen molar-refractivity contribution in [2.45, 2.75) is 33.1 Å². The van der Waals surface area contributed by atoms with Crippen LogP contribution in [0.2, 0.25) is 5.02 Å². The first-order valence-electron chi connectivity index (χ1n) is 11.7. The van der Waals surface area contributed by atoms with Crippen LogP contribution in [0.1, 0.15) is 28.3 Å². The second-order valence-corrected chi connectivity index (χ2v) is 9.32. The molecule has 0 spiro atoms. The second kappa shape index (κ2) is 9.70. The highest BCUT2D eigenvalue weighted by atomic mass is 35.5. The number of aryl methyl sites for hydroxylation is 2. The minimum atomic E-state index is -4.58. The zero-order chi connectivity index (χ0) is 27.2. The van der Waals surface area contributed by atoms with E-state index in [4.69, 9.17) is 17.3 Å². The largest absolute Gasteiger partial charge is 0.433 e. The molecule has 0 unspecified atom stereocenters. The Bertz CT molecular complexity index is 1710. The number of halogens is 4. The van der Waals surface area contributed by atoms with Gasteiger partial charge in [0.15, 0.2) is 11.5 Å². The molecule has 2 aromatic carbocycles. The van der Waals surface area contributed by atoms with Crippen LogP contribution in [0.5, 0.6) is 0 Å². The van der Waals surface area contributed by atoms with Crippen LogP contribution in [0.25, 0.3) is 27.9 Å². The van der Waals surface area contributed by atoms with Crippen molar-refractivity contribution in [3.63, 3.8) is 0 Å². The summed E-state index contributed by atoms with van der Waals surface area (Å²) < 4.78 is 42.5. The van der Waals surface area contributed by atoms with Crippen LogP contribution in [-0.2, 0) is 19.3 Å². The van der Waals surface area contributed by atoms with Crippen molar-refractivity contribution in [3.05, 3.63) is 104 Å². The topological polar surface area (TPSA) is 91.1 Å². The Morgan fingerprint density at radius 1 is 0.895 bits per heavy atom. The zero-order valence-corrected chi connectivity index (χ0v) is 21.2. The van der Waals surface area contributed by atoms with Crippen LogP contribution in [0, 0.1) is 13.8 Å². The van der Waals surface area contributed by atoms with Gasteiger partial charge in [-0.05, 0) is 48.7 Å². The molecule has 194 valence electrons. The van der Waals surface area contributed by atoms with Crippen molar-refractivity contribution >= 4 is 17.2 Å². The summed E-state index contributed by atoms with van der Waals surface area (Å²) in [5.41, 5.74) is 8.83. The third-order valence-electron chi connectivity index (χ3n) is 6.33. The summed E-state index contributed by atoms with van der Waals surface area (Å²) in [7, 11) is 0. The normalized spacial score (nSPS) is 11.9. The number of benzene rings is 2. The standard InChI is InChI=1S/C27H22ClF3N6O/c1-15-3-5-17(6-4-15)23-24(18-7-10-20(28)11-8-18)26(38)36(37-22(13-32)34-35-25(23)37)14-19-9-12-21(27(29,30)31)33-16(19)2/h3-12H,13-14,32H2,1-2H3. The zero-order valence-electron chi connectivity index (χ0n) is 20.4. The highest BCUT2D eigenvalue weighted by Gasteiger charge is 2.33. The summed E-state index contributed by atoms with van der Waals surface area (Å²) >= 11 is 6.12. The fourth-order valence-corrected chi connectivity index (χ4v) is 4.51. The molecule has 3 heterocycles. The molecule has 0 aliphatic carbocycles. The molecule has 0 fully saturated rings. The lowest BCUT2D eigenvalue weighted by Crippen LogP contribution is -2.31. The Morgan fingerprint density at radius 3 is 2.13 bits per heavy atom. The molecule has 0 bridgehead atoms. The number of nitrogens with zero attached hydrogens (tertiary/aromatic N) is 5. The van der Waals surface area contributed by atoms with E-state index in [0.717, 1.165) is 17.2 Å². The van der Waals surface area contributed by atoms with Crippen molar-refractivity contribution in [2.24, 2.45) is 5.73 Å². The summed E-state index contributed by atoms with van der Waals surface area (Å²) in [5, 5.41) is 9.11. The molecule has 0 atom stereocenters. The molecular formula is C27H22ClF3N6O. The van der Waals surface area contributed by atoms with Gasteiger partial charge >= 0.3 is 6.18 Å². The second-order valence-electron chi connectivity index (χ2n) is 8.88. The van der Waals surface area contributed by atoms with E-state index in [1.807, 2.05) is 31.2 Å². The molecule has 0 saturated heterocycles. The van der Waals surface area contributed by atoms with Gasteiger partial charge in [0.05, 0.1) is 18.7 Å². The van der Waals surface area contributed by atoms with E-state index in [0.29, 0.717) is 38.7 Å². The smallest absolute Gasteiger partial charge is 0.324 e. The van der Waals surface area contributed by atoms with Gasteiger partial charge in [0.25, 0.3) is 5.56 Å². The number of alkyl halides is 3. The third-order valence-corrected chi connectivity index (χ3v) is 6.58. The lowest BCUT2D eigenvalue weighted by atomic mass is 9.96. The maximum Gasteiger partial charge on any atom is 0.433 e. The molecule has 5 aromatic rings. The number of hydrogen-bond donors (Lipinski definition) is 1. The molecule has 0 aliphatic rings. The van der Waals surface area contributed by atoms with Gasteiger partial charge in [-0.1, -0.05) is 59.6 Å². The quantitative estimate of drug-likeness (QED) is 0.323. The molecule has 0 saturated carbocycles. The first-order valence-corrected chi connectivity index (χ1v) is 12.0. The average Bonchev–Trinajstić information content (AvgIpc) is 3.31. The number of aromatic nitrogens is 5. The Kier molecular flexibility index (Phi) is 6.54. The molecule has 38 heavy (non-hydrogen) atoms. The fraction of sp³-hybridized carbons (Fsp3) is 0.185. The predicted molar refractivity (Wildman–Crippen MR) is 139 cm³/mol. The summed E-state index contributed by atoms with van der Waals surface area (Å²) in [4.78, 5) is 18.0. The maximum atomic E-state index is 14.2. The van der Waals surface area contributed by atoms with Gasteiger partial charge in [-0.25, -0.2) is 14.2 Å². The molecule has 5 rings (SSSR count). The van der Waals surface area contributed by atoms with Crippen molar-refractivity contribution in [1.82, 2.24) is 24.4 Å². The van der Waals surface area contributed by atoms with Gasteiger partial charge in [-0.15, -0.1) is 10.2 Å². The lowest BCUT2D eigenvalue weighted by Gasteiger charge is -2.18. The van der Waals surface area contributed by atoms with Crippen LogP contribution >= 0.6 is 11.6 Å². The van der Waals surface area contributed by atoms with Gasteiger partial charge in [-0.2, -0.15) is 13.2 Å². The minimum absolute atomic E-state index is 0.0154. The number of fused-ring (bicyclic) bond motifs is 1. The third kappa shape index (κ3) is 4.57. The fourth-order valence-electron chi connectivity index (χ4n) is 4.38. The Hall–Kier alpha value is -4.02. The number of hydrogen-bond acceptors (Lipinski definition) is 5. The molecule has 0 radical (unpaired) electrons. The minimum Gasteiger partial charge on any atom is -0.324 e. The Balaban J connectivity index is 1.83. The predicted octanol–water partition coefficient (Wildman–Crippen LogP) is 5.42. The van der Waals surface area contributed by atoms with Crippen molar-refractivity contribution in [2.75, 3.05) is 0 Å². The van der Waals surface area contributed by atoms with Gasteiger partial charge < -0.3 is 5.73 Å². The molecule has 0 amide bonds. The molecule has 3 aromatic heterocycles. The lowest BCUT2D eigenvalue weighted by molar-refractivity contribution is -0.141. The van der Waals surface area contributed by atoms with Gasteiger partial charge in [0.1, 0.15) is 5.69 Å². The van der Waals surface area contributed by atoms with Crippen LogP contribution in [-0.4, -0.2) is 24.4 Å². The molecule has 7 nitrogen and oxygen atoms in total. The van der Waals surface area contributed by atoms with Crippen LogP contribution in [0.4, 0.5) is 13.2 Å². The number of rotatable bonds is 5. The van der Waals surface area contributed by atoms with E-state index >= 15 is 0 Å². The monoisotopic (exact) mass is 538 g/mol. The summed E-state index contributed by atoms with van der Waals surface area (Å²) in [6.45, 7) is 3.34. The molecule has 2 N–H and O–H groups in total. The molecule has 11 heteroatoms. The van der Waals surface area contributed by atoms with Crippen LogP contribution in [0.3, 0.4) is 0 Å². The van der Waals surface area contributed by atoms with E-state index in [2.05, 4.69) is 15.2 Å². The van der Waals surface area contributed by atoms with Crippen LogP contribution in [0.15, 0.2) is 65.5 Å². The highest BCUT2D eigenvalue weighted by molar-refractivity contribution is 6.30. The van der Waals surface area contributed by atoms with Gasteiger partial charge in [-0.3, -0.25) is 4.79 Å². The SMILES string of the molecule is Cc1ccc(-c2c(-c3ccc(Cl)cc3)c(=O)n(Cc3ccc(C(F)(F)F)nc3C)n3c(CN)nnc23)cc1. The maximum absolute atomic E-state index is 14.2. The summed E-state index contributed by atoms with van der Waals surface area (Å²) in [6, 6.07) is 16.7. The van der Waals surface area contributed by atoms with E-state index < -0.39 is 17.4 Å². The van der Waals surface area contributed by atoms with Crippen molar-refractivity contribution in [3.8, 4) is 22.3 Å². The summed E-state index contributed by atoms with van der Waals surface area (Å²) in [5.74, 6) is 0.325. The van der Waals surface area contributed by atoms with E-state index in [-0.39, 0.29) is 18.8 Å².